The molecule has 0 radical (unpaired) electrons. The fourth-order valence-corrected chi connectivity index (χ4v) is 4.07. The van der Waals surface area contributed by atoms with Gasteiger partial charge in [0.15, 0.2) is 0 Å². The molecule has 20 heavy (non-hydrogen) atoms. The van der Waals surface area contributed by atoms with Crippen molar-refractivity contribution in [3.63, 3.8) is 0 Å². The first-order valence-electron chi connectivity index (χ1n) is 6.20. The van der Waals surface area contributed by atoms with Crippen LogP contribution in [0.4, 0.5) is 0 Å². The molecule has 0 amide bonds. The highest BCUT2D eigenvalue weighted by Crippen LogP contribution is 2.17. The van der Waals surface area contributed by atoms with Gasteiger partial charge in [-0.2, -0.15) is 17.4 Å². The molecule has 1 aromatic rings. The van der Waals surface area contributed by atoms with Gasteiger partial charge in [0, 0.05) is 30.6 Å². The van der Waals surface area contributed by atoms with Crippen molar-refractivity contribution in [2.75, 3.05) is 13.1 Å². The number of hydrogen-bond acceptors (Lipinski definition) is 4. The molecule has 1 aliphatic heterocycles. The van der Waals surface area contributed by atoms with E-state index in [1.807, 2.05) is 0 Å². The molecule has 1 aromatic heterocycles. The van der Waals surface area contributed by atoms with E-state index in [-0.39, 0.29) is 6.54 Å². The smallest absolute Gasteiger partial charge is 0.328 e. The fourth-order valence-electron chi connectivity index (χ4n) is 1.93. The number of carboxylic acids is 1. The molecular formula is C12H16N2O4S2. The monoisotopic (exact) mass is 316 g/mol. The molecule has 1 aliphatic rings. The van der Waals surface area contributed by atoms with Crippen molar-refractivity contribution in [1.29, 1.82) is 0 Å². The van der Waals surface area contributed by atoms with Gasteiger partial charge in [-0.1, -0.05) is 0 Å². The van der Waals surface area contributed by atoms with Crippen LogP contribution in [0.25, 0.3) is 6.08 Å². The van der Waals surface area contributed by atoms with Crippen LogP contribution in [0.5, 0.6) is 0 Å². The SMILES string of the molecule is O=C(O)C=Cc1csc(CNS(=O)(=O)N2CCCC2)c1. The average Bonchev–Trinajstić information content (AvgIpc) is 3.06. The molecule has 0 unspecified atom stereocenters. The van der Waals surface area contributed by atoms with Crippen molar-refractivity contribution in [1.82, 2.24) is 9.03 Å². The lowest BCUT2D eigenvalue weighted by molar-refractivity contribution is -0.131. The minimum absolute atomic E-state index is 0.227. The maximum absolute atomic E-state index is 12.0. The largest absolute Gasteiger partial charge is 0.478 e. The predicted octanol–water partition coefficient (Wildman–Crippen LogP) is 1.28. The van der Waals surface area contributed by atoms with Gasteiger partial charge in [-0.3, -0.25) is 0 Å². The number of carbonyl (C=O) groups is 1. The van der Waals surface area contributed by atoms with E-state index in [0.29, 0.717) is 13.1 Å². The summed E-state index contributed by atoms with van der Waals surface area (Å²) < 4.78 is 27.9. The van der Waals surface area contributed by atoms with E-state index >= 15 is 0 Å². The quantitative estimate of drug-likeness (QED) is 0.774. The molecule has 2 heterocycles. The molecule has 0 aliphatic carbocycles. The second-order valence-electron chi connectivity index (χ2n) is 4.45. The third-order valence-corrected chi connectivity index (χ3v) is 5.44. The number of hydrogen-bond donors (Lipinski definition) is 2. The van der Waals surface area contributed by atoms with Gasteiger partial charge in [0.05, 0.1) is 0 Å². The second-order valence-corrected chi connectivity index (χ2v) is 7.20. The summed E-state index contributed by atoms with van der Waals surface area (Å²) in [5, 5.41) is 10.3. The number of carboxylic acid groups (broad SMARTS) is 1. The van der Waals surface area contributed by atoms with Crippen LogP contribution in [-0.4, -0.2) is 36.9 Å². The van der Waals surface area contributed by atoms with E-state index in [0.717, 1.165) is 29.4 Å². The predicted molar refractivity (Wildman–Crippen MR) is 77.6 cm³/mol. The lowest BCUT2D eigenvalue weighted by Gasteiger charge is -2.15. The normalized spacial score (nSPS) is 17.0. The average molecular weight is 316 g/mol. The van der Waals surface area contributed by atoms with Gasteiger partial charge in [-0.25, -0.2) is 4.79 Å². The highest BCUT2D eigenvalue weighted by molar-refractivity contribution is 7.87. The number of rotatable bonds is 6. The zero-order valence-corrected chi connectivity index (χ0v) is 12.4. The molecule has 0 bridgehead atoms. The summed E-state index contributed by atoms with van der Waals surface area (Å²) in [7, 11) is -3.40. The van der Waals surface area contributed by atoms with Crippen molar-refractivity contribution in [3.8, 4) is 0 Å². The summed E-state index contributed by atoms with van der Waals surface area (Å²) in [6, 6.07) is 1.77. The van der Waals surface area contributed by atoms with Crippen LogP contribution in [-0.2, 0) is 21.5 Å². The molecule has 0 saturated carbocycles. The first-order valence-corrected chi connectivity index (χ1v) is 8.52. The highest BCUT2D eigenvalue weighted by atomic mass is 32.2. The molecule has 110 valence electrons. The van der Waals surface area contributed by atoms with Crippen molar-refractivity contribution >= 4 is 33.6 Å². The molecule has 0 atom stereocenters. The van der Waals surface area contributed by atoms with E-state index in [2.05, 4.69) is 4.72 Å². The molecule has 8 heteroatoms. The van der Waals surface area contributed by atoms with Crippen LogP contribution in [0.1, 0.15) is 23.3 Å². The Labute approximate surface area is 121 Å². The summed E-state index contributed by atoms with van der Waals surface area (Å²) in [4.78, 5) is 11.2. The molecule has 1 saturated heterocycles. The Morgan fingerprint density at radius 2 is 2.15 bits per heavy atom. The number of nitrogens with one attached hydrogen (secondary N) is 1. The zero-order chi connectivity index (χ0) is 14.6. The van der Waals surface area contributed by atoms with Crippen LogP contribution in [0.2, 0.25) is 0 Å². The molecule has 2 N–H and O–H groups in total. The van der Waals surface area contributed by atoms with E-state index in [1.165, 1.54) is 21.7 Å². The molecule has 0 spiro atoms. The van der Waals surface area contributed by atoms with Gasteiger partial charge < -0.3 is 5.11 Å². The standard InChI is InChI=1S/C12H16N2O4S2/c15-12(16)4-3-10-7-11(19-9-10)8-13-20(17,18)14-5-1-2-6-14/h3-4,7,9,13H,1-2,5-6,8H2,(H,15,16). The Morgan fingerprint density at radius 3 is 2.80 bits per heavy atom. The summed E-state index contributed by atoms with van der Waals surface area (Å²) in [6.07, 6.45) is 4.35. The minimum Gasteiger partial charge on any atom is -0.478 e. The Bertz CT molecular complexity index is 601. The van der Waals surface area contributed by atoms with E-state index in [4.69, 9.17) is 5.11 Å². The Balaban J connectivity index is 1.92. The first-order chi connectivity index (χ1) is 9.47. The van der Waals surface area contributed by atoms with Crippen LogP contribution in [0.3, 0.4) is 0 Å². The van der Waals surface area contributed by atoms with E-state index in [9.17, 15) is 13.2 Å². The molecule has 1 fully saturated rings. The third-order valence-electron chi connectivity index (χ3n) is 2.93. The van der Waals surface area contributed by atoms with Crippen LogP contribution in [0.15, 0.2) is 17.5 Å². The maximum atomic E-state index is 12.0. The zero-order valence-electron chi connectivity index (χ0n) is 10.8. The number of thiophene rings is 1. The van der Waals surface area contributed by atoms with Gasteiger partial charge in [-0.15, -0.1) is 11.3 Å². The molecule has 6 nitrogen and oxygen atoms in total. The Hall–Kier alpha value is -1.22. The van der Waals surface area contributed by atoms with E-state index in [1.54, 1.807) is 11.4 Å². The Kier molecular flexibility index (Phi) is 4.92. The number of aliphatic carboxylic acids is 1. The van der Waals surface area contributed by atoms with Crippen LogP contribution in [0, 0.1) is 0 Å². The van der Waals surface area contributed by atoms with Crippen molar-refractivity contribution in [2.45, 2.75) is 19.4 Å². The second kappa shape index (κ2) is 6.49. The lowest BCUT2D eigenvalue weighted by Crippen LogP contribution is -2.38. The summed E-state index contributed by atoms with van der Waals surface area (Å²) in [6.45, 7) is 1.38. The topological polar surface area (TPSA) is 86.7 Å². The van der Waals surface area contributed by atoms with Crippen LogP contribution < -0.4 is 4.72 Å². The van der Waals surface area contributed by atoms with Crippen molar-refractivity contribution < 1.29 is 18.3 Å². The maximum Gasteiger partial charge on any atom is 0.328 e. The van der Waals surface area contributed by atoms with Gasteiger partial charge in [0.2, 0.25) is 0 Å². The van der Waals surface area contributed by atoms with Crippen LogP contribution >= 0.6 is 11.3 Å². The van der Waals surface area contributed by atoms with Gasteiger partial charge in [-0.05, 0) is 35.9 Å². The highest BCUT2D eigenvalue weighted by Gasteiger charge is 2.24. The Morgan fingerprint density at radius 1 is 1.45 bits per heavy atom. The molecule has 2 rings (SSSR count). The summed E-state index contributed by atoms with van der Waals surface area (Å²) >= 11 is 1.39. The number of nitrogens with zero attached hydrogens (tertiary/aromatic N) is 1. The van der Waals surface area contributed by atoms with Gasteiger partial charge in [0.25, 0.3) is 10.2 Å². The van der Waals surface area contributed by atoms with Crippen molar-refractivity contribution in [3.05, 3.63) is 28.0 Å². The first kappa shape index (κ1) is 15.2. The fraction of sp³-hybridized carbons (Fsp3) is 0.417. The minimum atomic E-state index is -3.40. The molecular weight excluding hydrogens is 300 g/mol. The summed E-state index contributed by atoms with van der Waals surface area (Å²) in [5.74, 6) is -1.01. The molecule has 0 aromatic carbocycles. The van der Waals surface area contributed by atoms with Crippen molar-refractivity contribution in [2.24, 2.45) is 0 Å². The third kappa shape index (κ3) is 4.14. The summed E-state index contributed by atoms with van der Waals surface area (Å²) in [5.41, 5.74) is 0.757. The lowest BCUT2D eigenvalue weighted by atomic mass is 10.3. The van der Waals surface area contributed by atoms with Gasteiger partial charge >= 0.3 is 5.97 Å². The van der Waals surface area contributed by atoms with E-state index < -0.39 is 16.2 Å². The van der Waals surface area contributed by atoms with Gasteiger partial charge in [0.1, 0.15) is 0 Å².